The Hall–Kier alpha value is -1.69. The summed E-state index contributed by atoms with van der Waals surface area (Å²) in [4.78, 5) is 0.300. The monoisotopic (exact) mass is 317 g/mol. The molecule has 3 nitrogen and oxygen atoms in total. The molecule has 21 heavy (non-hydrogen) atoms. The number of benzene rings is 2. The highest BCUT2D eigenvalue weighted by Crippen LogP contribution is 2.31. The first-order valence-corrected chi connectivity index (χ1v) is 9.25. The van der Waals surface area contributed by atoms with E-state index in [9.17, 15) is 8.42 Å². The number of sulfone groups is 1. The minimum absolute atomic E-state index is 0.300. The first-order valence-electron chi connectivity index (χ1n) is 6.48. The Kier molecular flexibility index (Phi) is 3.57. The molecular weight excluding hydrogens is 302 g/mol. The van der Waals surface area contributed by atoms with Crippen LogP contribution < -0.4 is 5.73 Å². The summed E-state index contributed by atoms with van der Waals surface area (Å²) in [6, 6.07) is 14.6. The van der Waals surface area contributed by atoms with E-state index in [1.54, 1.807) is 29.5 Å². The minimum Gasteiger partial charge on any atom is -0.320 e. The van der Waals surface area contributed by atoms with Crippen LogP contribution in [-0.2, 0) is 9.84 Å². The lowest BCUT2D eigenvalue weighted by atomic mass is 9.99. The second-order valence-corrected chi connectivity index (χ2v) is 7.94. The third kappa shape index (κ3) is 2.72. The van der Waals surface area contributed by atoms with E-state index in [4.69, 9.17) is 5.73 Å². The van der Waals surface area contributed by atoms with Gasteiger partial charge in [0, 0.05) is 11.0 Å². The molecule has 5 heteroatoms. The third-order valence-corrected chi connectivity index (χ3v) is 5.58. The van der Waals surface area contributed by atoms with Crippen LogP contribution in [0.15, 0.2) is 58.8 Å². The van der Waals surface area contributed by atoms with E-state index in [1.165, 1.54) is 6.26 Å². The fourth-order valence-electron chi connectivity index (χ4n) is 2.38. The summed E-state index contributed by atoms with van der Waals surface area (Å²) in [6.45, 7) is 0. The normalized spacial score (nSPS) is 13.4. The van der Waals surface area contributed by atoms with Crippen LogP contribution in [0.1, 0.15) is 17.2 Å². The summed E-state index contributed by atoms with van der Waals surface area (Å²) < 4.78 is 24.5. The molecule has 3 rings (SSSR count). The molecule has 0 spiro atoms. The minimum atomic E-state index is -3.23. The van der Waals surface area contributed by atoms with Gasteiger partial charge in [0.05, 0.1) is 10.9 Å². The standard InChI is InChI=1S/C16H15NO2S2/c1-21(18,19)13-6-2-5-12(10-13)15(17)14-7-3-4-11-8-9-20-16(11)14/h2-10,15H,17H2,1H3. The van der Waals surface area contributed by atoms with Crippen LogP contribution in [0.4, 0.5) is 0 Å². The summed E-state index contributed by atoms with van der Waals surface area (Å²) in [5.74, 6) is 0. The van der Waals surface area contributed by atoms with E-state index in [0.29, 0.717) is 4.90 Å². The SMILES string of the molecule is CS(=O)(=O)c1cccc(C(N)c2cccc3ccsc23)c1. The Morgan fingerprint density at radius 2 is 1.86 bits per heavy atom. The smallest absolute Gasteiger partial charge is 0.175 e. The molecule has 2 N–H and O–H groups in total. The van der Waals surface area contributed by atoms with Crippen LogP contribution in [0.25, 0.3) is 10.1 Å². The second-order valence-electron chi connectivity index (χ2n) is 5.01. The third-order valence-electron chi connectivity index (χ3n) is 3.49. The van der Waals surface area contributed by atoms with Crippen LogP contribution in [-0.4, -0.2) is 14.7 Å². The maximum Gasteiger partial charge on any atom is 0.175 e. The van der Waals surface area contributed by atoms with Crippen molar-refractivity contribution in [1.29, 1.82) is 0 Å². The van der Waals surface area contributed by atoms with E-state index in [0.717, 1.165) is 21.2 Å². The Balaban J connectivity index is 2.10. The molecule has 1 atom stereocenters. The van der Waals surface area contributed by atoms with E-state index in [1.807, 2.05) is 23.6 Å². The van der Waals surface area contributed by atoms with Gasteiger partial charge >= 0.3 is 0 Å². The van der Waals surface area contributed by atoms with Gasteiger partial charge in [0.15, 0.2) is 9.84 Å². The fraction of sp³-hybridized carbons (Fsp3) is 0.125. The van der Waals surface area contributed by atoms with Crippen LogP contribution in [0.2, 0.25) is 0 Å². The van der Waals surface area contributed by atoms with E-state index in [2.05, 4.69) is 12.1 Å². The number of rotatable bonds is 3. The molecular formula is C16H15NO2S2. The number of hydrogen-bond acceptors (Lipinski definition) is 4. The lowest BCUT2D eigenvalue weighted by Crippen LogP contribution is -2.12. The molecule has 0 radical (unpaired) electrons. The molecule has 108 valence electrons. The molecule has 1 heterocycles. The van der Waals surface area contributed by atoms with Crippen molar-refractivity contribution in [1.82, 2.24) is 0 Å². The highest BCUT2D eigenvalue weighted by Gasteiger charge is 2.15. The van der Waals surface area contributed by atoms with E-state index < -0.39 is 9.84 Å². The maximum absolute atomic E-state index is 11.7. The molecule has 0 saturated carbocycles. The van der Waals surface area contributed by atoms with Crippen molar-refractivity contribution in [3.05, 3.63) is 65.0 Å². The van der Waals surface area contributed by atoms with Crippen LogP contribution >= 0.6 is 11.3 Å². The first-order chi connectivity index (χ1) is 9.97. The maximum atomic E-state index is 11.7. The van der Waals surface area contributed by atoms with Crippen LogP contribution in [0, 0.1) is 0 Å². The van der Waals surface area contributed by atoms with Crippen molar-refractivity contribution >= 4 is 31.3 Å². The van der Waals surface area contributed by atoms with Gasteiger partial charge in [0.2, 0.25) is 0 Å². The topological polar surface area (TPSA) is 60.2 Å². The van der Waals surface area contributed by atoms with Gasteiger partial charge in [-0.1, -0.05) is 30.3 Å². The number of nitrogens with two attached hydrogens (primary N) is 1. The molecule has 0 amide bonds. The van der Waals surface area contributed by atoms with E-state index >= 15 is 0 Å². The summed E-state index contributed by atoms with van der Waals surface area (Å²) in [5.41, 5.74) is 8.19. The zero-order chi connectivity index (χ0) is 15.0. The van der Waals surface area contributed by atoms with Gasteiger partial charge in [0.25, 0.3) is 0 Å². The average Bonchev–Trinajstić information content (AvgIpc) is 2.94. The molecule has 0 bridgehead atoms. The Bertz CT molecular complexity index is 897. The lowest BCUT2D eigenvalue weighted by Gasteiger charge is -2.14. The average molecular weight is 317 g/mol. The summed E-state index contributed by atoms with van der Waals surface area (Å²) in [6.07, 6.45) is 1.21. The molecule has 0 saturated heterocycles. The first kappa shape index (κ1) is 14.3. The number of hydrogen-bond donors (Lipinski definition) is 1. The molecule has 0 fully saturated rings. The zero-order valence-corrected chi connectivity index (χ0v) is 13.1. The van der Waals surface area contributed by atoms with Gasteiger partial charge in [-0.3, -0.25) is 0 Å². The number of fused-ring (bicyclic) bond motifs is 1. The van der Waals surface area contributed by atoms with Crippen molar-refractivity contribution in [2.24, 2.45) is 5.73 Å². The highest BCUT2D eigenvalue weighted by molar-refractivity contribution is 7.90. The Morgan fingerprint density at radius 1 is 1.10 bits per heavy atom. The van der Waals surface area contributed by atoms with Gasteiger partial charge < -0.3 is 5.73 Å². The van der Waals surface area contributed by atoms with E-state index in [-0.39, 0.29) is 6.04 Å². The van der Waals surface area contributed by atoms with Crippen molar-refractivity contribution in [3.8, 4) is 0 Å². The predicted octanol–water partition coefficient (Wildman–Crippen LogP) is 3.35. The van der Waals surface area contributed by atoms with Crippen molar-refractivity contribution in [2.45, 2.75) is 10.9 Å². The largest absolute Gasteiger partial charge is 0.320 e. The van der Waals surface area contributed by atoms with Gasteiger partial charge in [-0.05, 0) is 40.1 Å². The summed E-state index contributed by atoms with van der Waals surface area (Å²) in [7, 11) is -3.23. The van der Waals surface area contributed by atoms with Gasteiger partial charge in [-0.2, -0.15) is 0 Å². The van der Waals surface area contributed by atoms with Crippen molar-refractivity contribution in [2.75, 3.05) is 6.26 Å². The summed E-state index contributed by atoms with van der Waals surface area (Å²) >= 11 is 1.65. The van der Waals surface area contributed by atoms with Gasteiger partial charge in [-0.25, -0.2) is 8.42 Å². The summed E-state index contributed by atoms with van der Waals surface area (Å²) in [5, 5.41) is 3.19. The quantitative estimate of drug-likeness (QED) is 0.806. The second kappa shape index (κ2) is 5.26. The fourth-order valence-corrected chi connectivity index (χ4v) is 4.01. The molecule has 1 aromatic heterocycles. The molecule has 2 aromatic carbocycles. The Labute approximate surface area is 128 Å². The van der Waals surface area contributed by atoms with Crippen LogP contribution in [0.5, 0.6) is 0 Å². The molecule has 3 aromatic rings. The predicted molar refractivity (Wildman–Crippen MR) is 87.4 cm³/mol. The molecule has 0 aliphatic carbocycles. The molecule has 0 aliphatic rings. The van der Waals surface area contributed by atoms with Gasteiger partial charge in [0.1, 0.15) is 0 Å². The zero-order valence-electron chi connectivity index (χ0n) is 11.5. The van der Waals surface area contributed by atoms with Crippen molar-refractivity contribution < 1.29 is 8.42 Å². The molecule has 0 aliphatic heterocycles. The Morgan fingerprint density at radius 3 is 2.62 bits per heavy atom. The van der Waals surface area contributed by atoms with Gasteiger partial charge in [-0.15, -0.1) is 11.3 Å². The van der Waals surface area contributed by atoms with Crippen LogP contribution in [0.3, 0.4) is 0 Å². The lowest BCUT2D eigenvalue weighted by molar-refractivity contribution is 0.601. The number of thiophene rings is 1. The van der Waals surface area contributed by atoms with Crippen molar-refractivity contribution in [3.63, 3.8) is 0 Å². The highest BCUT2D eigenvalue weighted by atomic mass is 32.2. The molecule has 1 unspecified atom stereocenters.